The van der Waals surface area contributed by atoms with Gasteiger partial charge in [0.1, 0.15) is 17.5 Å². The number of unbranched alkanes of at least 4 members (excludes halogenated alkanes) is 1. The molecule has 4 N–H and O–H groups in total. The van der Waals surface area contributed by atoms with Crippen LogP contribution in [0.4, 0.5) is 0 Å². The number of benzene rings is 1. The molecule has 0 fully saturated rings. The third-order valence-electron chi connectivity index (χ3n) is 2.55. The number of carbonyl (C=O) groups is 1. The van der Waals surface area contributed by atoms with Crippen LogP contribution in [0.25, 0.3) is 0 Å². The van der Waals surface area contributed by atoms with Crippen LogP contribution >= 0.6 is 0 Å². The largest absolute Gasteiger partial charge is 0.497 e. The number of esters is 1. The lowest BCUT2D eigenvalue weighted by Crippen LogP contribution is -2.34. The van der Waals surface area contributed by atoms with E-state index in [2.05, 4.69) is 0 Å². The Kier molecular flexibility index (Phi) is 6.18. The maximum absolute atomic E-state index is 11.7. The average Bonchev–Trinajstić information content (AvgIpc) is 2.39. The SMILES string of the molecule is COc1ccc(OC(=O)[C@@H](N)CCCCN)cc1. The summed E-state index contributed by atoms with van der Waals surface area (Å²) >= 11 is 0. The molecule has 0 aliphatic heterocycles. The number of ether oxygens (including phenoxy) is 2. The molecule has 0 aliphatic rings. The van der Waals surface area contributed by atoms with E-state index in [1.807, 2.05) is 0 Å². The molecule has 0 bridgehead atoms. The lowest BCUT2D eigenvalue weighted by atomic mass is 10.1. The topological polar surface area (TPSA) is 87.6 Å². The molecule has 0 unspecified atom stereocenters. The van der Waals surface area contributed by atoms with Crippen LogP contribution < -0.4 is 20.9 Å². The van der Waals surface area contributed by atoms with Crippen molar-refractivity contribution in [3.8, 4) is 11.5 Å². The van der Waals surface area contributed by atoms with Crippen LogP contribution in [-0.2, 0) is 4.79 Å². The minimum atomic E-state index is -0.598. The first-order valence-electron chi connectivity index (χ1n) is 5.98. The zero-order valence-electron chi connectivity index (χ0n) is 10.6. The second-order valence-corrected chi connectivity index (χ2v) is 3.99. The van der Waals surface area contributed by atoms with Crippen molar-refractivity contribution < 1.29 is 14.3 Å². The van der Waals surface area contributed by atoms with Gasteiger partial charge in [0.15, 0.2) is 0 Å². The first-order valence-corrected chi connectivity index (χ1v) is 5.98. The summed E-state index contributed by atoms with van der Waals surface area (Å²) < 4.78 is 10.2. The third kappa shape index (κ3) is 4.73. The zero-order chi connectivity index (χ0) is 13.4. The molecule has 0 heterocycles. The Morgan fingerprint density at radius 1 is 1.22 bits per heavy atom. The molecular formula is C13H20N2O3. The van der Waals surface area contributed by atoms with Gasteiger partial charge in [-0.15, -0.1) is 0 Å². The first-order chi connectivity index (χ1) is 8.67. The fraction of sp³-hybridized carbons (Fsp3) is 0.462. The van der Waals surface area contributed by atoms with Crippen LogP contribution in [0.2, 0.25) is 0 Å². The Morgan fingerprint density at radius 2 is 1.83 bits per heavy atom. The lowest BCUT2D eigenvalue weighted by Gasteiger charge is -2.11. The van der Waals surface area contributed by atoms with E-state index in [-0.39, 0.29) is 0 Å². The fourth-order valence-electron chi connectivity index (χ4n) is 1.46. The molecule has 0 aromatic heterocycles. The van der Waals surface area contributed by atoms with Gasteiger partial charge in [-0.3, -0.25) is 0 Å². The van der Waals surface area contributed by atoms with Gasteiger partial charge in [0.25, 0.3) is 0 Å². The van der Waals surface area contributed by atoms with Crippen LogP contribution in [0.5, 0.6) is 11.5 Å². The number of rotatable bonds is 7. The minimum absolute atomic E-state index is 0.419. The molecule has 0 spiro atoms. The zero-order valence-corrected chi connectivity index (χ0v) is 10.6. The van der Waals surface area contributed by atoms with Crippen LogP contribution in [-0.4, -0.2) is 25.7 Å². The van der Waals surface area contributed by atoms with E-state index in [0.29, 0.717) is 24.5 Å². The quantitative estimate of drug-likeness (QED) is 0.430. The number of hydrogen-bond acceptors (Lipinski definition) is 5. The van der Waals surface area contributed by atoms with Crippen molar-refractivity contribution in [3.05, 3.63) is 24.3 Å². The van der Waals surface area contributed by atoms with E-state index in [0.717, 1.165) is 12.8 Å². The lowest BCUT2D eigenvalue weighted by molar-refractivity contribution is -0.136. The van der Waals surface area contributed by atoms with Gasteiger partial charge in [-0.1, -0.05) is 6.42 Å². The highest BCUT2D eigenvalue weighted by Gasteiger charge is 2.15. The monoisotopic (exact) mass is 252 g/mol. The Morgan fingerprint density at radius 3 is 2.39 bits per heavy atom. The number of hydrogen-bond donors (Lipinski definition) is 2. The molecular weight excluding hydrogens is 232 g/mol. The maximum Gasteiger partial charge on any atom is 0.328 e. The molecule has 1 aromatic carbocycles. The van der Waals surface area contributed by atoms with Crippen molar-refractivity contribution >= 4 is 5.97 Å². The van der Waals surface area contributed by atoms with Crippen molar-refractivity contribution in [2.45, 2.75) is 25.3 Å². The van der Waals surface area contributed by atoms with E-state index in [1.165, 1.54) is 0 Å². The molecule has 0 saturated heterocycles. The molecule has 18 heavy (non-hydrogen) atoms. The predicted molar refractivity (Wildman–Crippen MR) is 69.5 cm³/mol. The maximum atomic E-state index is 11.7. The van der Waals surface area contributed by atoms with Gasteiger partial charge in [-0.25, -0.2) is 4.79 Å². The van der Waals surface area contributed by atoms with Gasteiger partial charge in [0.2, 0.25) is 0 Å². The van der Waals surface area contributed by atoms with Crippen molar-refractivity contribution in [2.75, 3.05) is 13.7 Å². The standard InChI is InChI=1S/C13H20N2O3/c1-17-10-5-7-11(8-6-10)18-13(16)12(15)4-2-3-9-14/h5-8,12H,2-4,9,14-15H2,1H3/t12-/m0/s1. The summed E-state index contributed by atoms with van der Waals surface area (Å²) in [6.45, 7) is 0.611. The summed E-state index contributed by atoms with van der Waals surface area (Å²) in [5, 5.41) is 0. The van der Waals surface area contributed by atoms with Crippen molar-refractivity contribution in [3.63, 3.8) is 0 Å². The highest BCUT2D eigenvalue weighted by Crippen LogP contribution is 2.17. The number of nitrogens with two attached hydrogens (primary N) is 2. The number of methoxy groups -OCH3 is 1. The minimum Gasteiger partial charge on any atom is -0.497 e. The van der Waals surface area contributed by atoms with Crippen LogP contribution in [0.3, 0.4) is 0 Å². The highest BCUT2D eigenvalue weighted by atomic mass is 16.5. The van der Waals surface area contributed by atoms with Crippen molar-refractivity contribution in [1.82, 2.24) is 0 Å². The molecule has 0 aliphatic carbocycles. The Hall–Kier alpha value is -1.59. The average molecular weight is 252 g/mol. The predicted octanol–water partition coefficient (Wildman–Crippen LogP) is 1.06. The normalized spacial score (nSPS) is 11.9. The van der Waals surface area contributed by atoms with Gasteiger partial charge >= 0.3 is 5.97 Å². The molecule has 0 saturated carbocycles. The third-order valence-corrected chi connectivity index (χ3v) is 2.55. The van der Waals surface area contributed by atoms with Gasteiger partial charge < -0.3 is 20.9 Å². The van der Waals surface area contributed by atoms with E-state index < -0.39 is 12.0 Å². The molecule has 1 rings (SSSR count). The molecule has 5 heteroatoms. The van der Waals surface area contributed by atoms with E-state index in [4.69, 9.17) is 20.9 Å². The summed E-state index contributed by atoms with van der Waals surface area (Å²) in [5.41, 5.74) is 11.1. The smallest absolute Gasteiger partial charge is 0.328 e. The van der Waals surface area contributed by atoms with Gasteiger partial charge in [0.05, 0.1) is 7.11 Å². The van der Waals surface area contributed by atoms with E-state index in [1.54, 1.807) is 31.4 Å². The van der Waals surface area contributed by atoms with E-state index >= 15 is 0 Å². The summed E-state index contributed by atoms with van der Waals surface area (Å²) in [6.07, 6.45) is 2.28. The summed E-state index contributed by atoms with van der Waals surface area (Å²) in [4.78, 5) is 11.7. The van der Waals surface area contributed by atoms with Crippen molar-refractivity contribution in [2.24, 2.45) is 11.5 Å². The Bertz CT molecular complexity index is 365. The summed E-state index contributed by atoms with van der Waals surface area (Å²) in [5.74, 6) is 0.759. The molecule has 1 aromatic rings. The summed E-state index contributed by atoms with van der Waals surface area (Å²) in [7, 11) is 1.58. The number of carbonyl (C=O) groups excluding carboxylic acids is 1. The van der Waals surface area contributed by atoms with Gasteiger partial charge in [0, 0.05) is 0 Å². The molecule has 0 amide bonds. The highest BCUT2D eigenvalue weighted by molar-refractivity contribution is 5.77. The second-order valence-electron chi connectivity index (χ2n) is 3.99. The summed E-state index contributed by atoms with van der Waals surface area (Å²) in [6, 6.07) is 6.19. The first kappa shape index (κ1) is 14.5. The van der Waals surface area contributed by atoms with Crippen molar-refractivity contribution in [1.29, 1.82) is 0 Å². The molecule has 100 valence electrons. The Balaban J connectivity index is 2.42. The molecule has 5 nitrogen and oxygen atoms in total. The Labute approximate surface area is 107 Å². The molecule has 0 radical (unpaired) electrons. The van der Waals surface area contributed by atoms with Crippen LogP contribution in [0.1, 0.15) is 19.3 Å². The van der Waals surface area contributed by atoms with Gasteiger partial charge in [-0.05, 0) is 43.7 Å². The fourth-order valence-corrected chi connectivity index (χ4v) is 1.46. The molecule has 1 atom stereocenters. The van der Waals surface area contributed by atoms with E-state index in [9.17, 15) is 4.79 Å². The van der Waals surface area contributed by atoms with Crippen LogP contribution in [0, 0.1) is 0 Å². The van der Waals surface area contributed by atoms with Crippen LogP contribution in [0.15, 0.2) is 24.3 Å². The second kappa shape index (κ2) is 7.68. The van der Waals surface area contributed by atoms with Gasteiger partial charge in [-0.2, -0.15) is 0 Å².